The molecule has 16 heavy (non-hydrogen) atoms. The van der Waals surface area contributed by atoms with Crippen molar-refractivity contribution in [1.82, 2.24) is 10.2 Å². The molecular weight excluding hydrogens is 313 g/mol. The van der Waals surface area contributed by atoms with Crippen LogP contribution in [0.2, 0.25) is 0 Å². The molecule has 0 aliphatic carbocycles. The molecule has 0 aromatic heterocycles. The minimum atomic E-state index is 0. The summed E-state index contributed by atoms with van der Waals surface area (Å²) in [5, 5.41) is 3.42. The maximum absolute atomic E-state index is 4.20. The molecule has 0 spiro atoms. The van der Waals surface area contributed by atoms with E-state index in [-0.39, 0.29) is 24.0 Å². The second-order valence-electron chi connectivity index (χ2n) is 4.34. The molecule has 0 aromatic rings. The van der Waals surface area contributed by atoms with Crippen molar-refractivity contribution in [2.75, 3.05) is 21.1 Å². The van der Waals surface area contributed by atoms with Gasteiger partial charge >= 0.3 is 0 Å². The van der Waals surface area contributed by atoms with E-state index in [4.69, 9.17) is 0 Å². The lowest BCUT2D eigenvalue weighted by molar-refractivity contribution is 0.505. The summed E-state index contributed by atoms with van der Waals surface area (Å²) in [6, 6.07) is 0.517. The normalized spacial score (nSPS) is 12.9. The Labute approximate surface area is 118 Å². The molecule has 0 aliphatic heterocycles. The van der Waals surface area contributed by atoms with Crippen LogP contribution in [-0.4, -0.2) is 38.0 Å². The maximum atomic E-state index is 4.20. The van der Waals surface area contributed by atoms with Crippen LogP contribution in [0.25, 0.3) is 0 Å². The summed E-state index contributed by atoms with van der Waals surface area (Å²) >= 11 is 0. The first kappa shape index (κ1) is 18.4. The van der Waals surface area contributed by atoms with Gasteiger partial charge in [0.1, 0.15) is 0 Å². The van der Waals surface area contributed by atoms with E-state index < -0.39 is 0 Å². The molecule has 0 rings (SSSR count). The quantitative estimate of drug-likeness (QED) is 0.348. The van der Waals surface area contributed by atoms with Crippen LogP contribution in [0.3, 0.4) is 0 Å². The number of nitrogens with zero attached hydrogens (tertiary/aromatic N) is 2. The van der Waals surface area contributed by atoms with Crippen LogP contribution < -0.4 is 5.32 Å². The summed E-state index contributed by atoms with van der Waals surface area (Å²) in [7, 11) is 5.85. The van der Waals surface area contributed by atoms with Crippen LogP contribution in [-0.2, 0) is 0 Å². The number of unbranched alkanes of at least 4 members (excludes halogenated alkanes) is 3. The third kappa shape index (κ3) is 9.24. The van der Waals surface area contributed by atoms with Gasteiger partial charge in [-0.15, -0.1) is 24.0 Å². The van der Waals surface area contributed by atoms with Gasteiger partial charge in [0.2, 0.25) is 0 Å². The first-order valence-electron chi connectivity index (χ1n) is 6.02. The maximum Gasteiger partial charge on any atom is 0.193 e. The van der Waals surface area contributed by atoms with Gasteiger partial charge in [0, 0.05) is 27.2 Å². The molecule has 98 valence electrons. The average Bonchev–Trinajstić information content (AvgIpc) is 2.20. The van der Waals surface area contributed by atoms with Gasteiger partial charge in [-0.3, -0.25) is 4.99 Å². The van der Waals surface area contributed by atoms with Gasteiger partial charge in [0.25, 0.3) is 0 Å². The van der Waals surface area contributed by atoms with E-state index in [1.807, 2.05) is 26.0 Å². The molecule has 1 unspecified atom stereocenters. The fraction of sp³-hybridized carbons (Fsp3) is 0.917. The standard InChI is InChI=1S/C12H27N3.HI/c1-6-7-8-9-10-11(2)14-12(13-3)15(4)5;/h11H,6-10H2,1-5H3,(H,13,14);1H. The Kier molecular flexibility index (Phi) is 13.2. The summed E-state index contributed by atoms with van der Waals surface area (Å²) in [5.74, 6) is 0.970. The smallest absolute Gasteiger partial charge is 0.193 e. The minimum Gasteiger partial charge on any atom is -0.354 e. The molecule has 3 nitrogen and oxygen atoms in total. The van der Waals surface area contributed by atoms with Crippen molar-refractivity contribution >= 4 is 29.9 Å². The lowest BCUT2D eigenvalue weighted by atomic mass is 10.1. The molecule has 0 bridgehead atoms. The van der Waals surface area contributed by atoms with Crippen molar-refractivity contribution in [2.24, 2.45) is 4.99 Å². The number of hydrogen-bond acceptors (Lipinski definition) is 1. The predicted octanol–water partition coefficient (Wildman–Crippen LogP) is 3.10. The number of guanidine groups is 1. The van der Waals surface area contributed by atoms with E-state index in [9.17, 15) is 0 Å². The molecule has 0 radical (unpaired) electrons. The largest absolute Gasteiger partial charge is 0.354 e. The fourth-order valence-corrected chi connectivity index (χ4v) is 1.56. The average molecular weight is 341 g/mol. The van der Waals surface area contributed by atoms with Crippen LogP contribution >= 0.6 is 24.0 Å². The number of nitrogens with one attached hydrogen (secondary N) is 1. The van der Waals surface area contributed by atoms with Gasteiger partial charge < -0.3 is 10.2 Å². The molecule has 0 heterocycles. The molecule has 1 N–H and O–H groups in total. The van der Waals surface area contributed by atoms with E-state index in [1.165, 1.54) is 32.1 Å². The summed E-state index contributed by atoms with van der Waals surface area (Å²) in [6.45, 7) is 4.47. The highest BCUT2D eigenvalue weighted by atomic mass is 127. The van der Waals surface area contributed by atoms with E-state index >= 15 is 0 Å². The van der Waals surface area contributed by atoms with E-state index in [2.05, 4.69) is 24.2 Å². The SMILES string of the molecule is CCCCCCC(C)NC(=NC)N(C)C.I. The van der Waals surface area contributed by atoms with Gasteiger partial charge in [-0.25, -0.2) is 0 Å². The molecule has 0 amide bonds. The summed E-state index contributed by atoms with van der Waals surface area (Å²) in [4.78, 5) is 6.22. The van der Waals surface area contributed by atoms with Crippen LogP contribution in [0.1, 0.15) is 46.0 Å². The molecule has 1 atom stereocenters. The van der Waals surface area contributed by atoms with Crippen molar-refractivity contribution in [3.63, 3.8) is 0 Å². The van der Waals surface area contributed by atoms with Gasteiger partial charge in [0.05, 0.1) is 0 Å². The van der Waals surface area contributed by atoms with Crippen molar-refractivity contribution in [1.29, 1.82) is 0 Å². The monoisotopic (exact) mass is 341 g/mol. The summed E-state index contributed by atoms with van der Waals surface area (Å²) < 4.78 is 0. The molecule has 4 heteroatoms. The predicted molar refractivity (Wildman–Crippen MR) is 83.8 cm³/mol. The van der Waals surface area contributed by atoms with Gasteiger partial charge in [-0.1, -0.05) is 32.6 Å². The first-order valence-corrected chi connectivity index (χ1v) is 6.02. The Morgan fingerprint density at radius 3 is 2.31 bits per heavy atom. The van der Waals surface area contributed by atoms with E-state index in [0.29, 0.717) is 6.04 Å². The van der Waals surface area contributed by atoms with Crippen LogP contribution in [0.15, 0.2) is 4.99 Å². The number of rotatable bonds is 6. The number of aliphatic imine (C=N–C) groups is 1. The highest BCUT2D eigenvalue weighted by molar-refractivity contribution is 14.0. The molecule has 0 saturated carbocycles. The molecule has 0 fully saturated rings. The second-order valence-corrected chi connectivity index (χ2v) is 4.34. The molecule has 0 aromatic carbocycles. The highest BCUT2D eigenvalue weighted by Gasteiger charge is 2.05. The molecule has 0 aliphatic rings. The lowest BCUT2D eigenvalue weighted by Gasteiger charge is -2.21. The van der Waals surface area contributed by atoms with E-state index in [1.54, 1.807) is 0 Å². The van der Waals surface area contributed by atoms with Crippen molar-refractivity contribution in [2.45, 2.75) is 52.0 Å². The number of halogens is 1. The lowest BCUT2D eigenvalue weighted by Crippen LogP contribution is -2.41. The van der Waals surface area contributed by atoms with Crippen molar-refractivity contribution < 1.29 is 0 Å². The third-order valence-corrected chi connectivity index (χ3v) is 2.50. The Hall–Kier alpha value is 0. The Morgan fingerprint density at radius 2 is 1.88 bits per heavy atom. The summed E-state index contributed by atoms with van der Waals surface area (Å²) in [6.07, 6.45) is 6.55. The summed E-state index contributed by atoms with van der Waals surface area (Å²) in [5.41, 5.74) is 0. The zero-order valence-electron chi connectivity index (χ0n) is 11.4. The zero-order chi connectivity index (χ0) is 11.7. The van der Waals surface area contributed by atoms with Gasteiger partial charge in [-0.05, 0) is 13.3 Å². The van der Waals surface area contributed by atoms with E-state index in [0.717, 1.165) is 5.96 Å². The second kappa shape index (κ2) is 11.5. The van der Waals surface area contributed by atoms with Crippen LogP contribution in [0.5, 0.6) is 0 Å². The van der Waals surface area contributed by atoms with Gasteiger partial charge in [-0.2, -0.15) is 0 Å². The van der Waals surface area contributed by atoms with Crippen LogP contribution in [0, 0.1) is 0 Å². The highest BCUT2D eigenvalue weighted by Crippen LogP contribution is 2.05. The molecular formula is C12H28IN3. The zero-order valence-corrected chi connectivity index (χ0v) is 13.7. The fourth-order valence-electron chi connectivity index (χ4n) is 1.56. The minimum absolute atomic E-state index is 0. The van der Waals surface area contributed by atoms with Crippen molar-refractivity contribution in [3.05, 3.63) is 0 Å². The topological polar surface area (TPSA) is 27.6 Å². The molecule has 0 saturated heterocycles. The van der Waals surface area contributed by atoms with Crippen LogP contribution in [0.4, 0.5) is 0 Å². The Balaban J connectivity index is 0. The van der Waals surface area contributed by atoms with Crippen molar-refractivity contribution in [3.8, 4) is 0 Å². The third-order valence-electron chi connectivity index (χ3n) is 2.50. The first-order chi connectivity index (χ1) is 7.11. The number of hydrogen-bond donors (Lipinski definition) is 1. The van der Waals surface area contributed by atoms with Gasteiger partial charge in [0.15, 0.2) is 5.96 Å². The Bertz CT molecular complexity index is 181. The Morgan fingerprint density at radius 1 is 1.25 bits per heavy atom.